The van der Waals surface area contributed by atoms with Crippen molar-refractivity contribution in [2.45, 2.75) is 13.5 Å². The first kappa shape index (κ1) is 13.1. The van der Waals surface area contributed by atoms with Crippen LogP contribution in [0.3, 0.4) is 0 Å². The normalized spacial score (nSPS) is 10.4. The Morgan fingerprint density at radius 3 is 2.78 bits per heavy atom. The summed E-state index contributed by atoms with van der Waals surface area (Å²) in [5.41, 5.74) is 8.17. The smallest absolute Gasteiger partial charge is 0.267 e. The molecule has 0 aliphatic heterocycles. The van der Waals surface area contributed by atoms with Crippen LogP contribution in [0.15, 0.2) is 29.6 Å². The molecule has 0 aliphatic rings. The lowest BCUT2D eigenvalue weighted by Gasteiger charge is -2.08. The first-order valence-electron chi connectivity index (χ1n) is 5.46. The molecule has 0 saturated carbocycles. The number of nitrogens with two attached hydrogens (primary N) is 1. The zero-order chi connectivity index (χ0) is 13.1. The molecule has 2 rings (SSSR count). The molecule has 0 saturated heterocycles. The molecule has 3 nitrogen and oxygen atoms in total. The predicted octanol–water partition coefficient (Wildman–Crippen LogP) is 3.42. The van der Waals surface area contributed by atoms with Crippen LogP contribution in [0.5, 0.6) is 0 Å². The van der Waals surface area contributed by atoms with Gasteiger partial charge in [-0.1, -0.05) is 29.8 Å². The fraction of sp³-hybridized carbons (Fsp3) is 0.154. The van der Waals surface area contributed by atoms with E-state index in [0.29, 0.717) is 16.4 Å². The van der Waals surface area contributed by atoms with Crippen molar-refractivity contribution in [2.24, 2.45) is 5.73 Å². The van der Waals surface area contributed by atoms with Gasteiger partial charge in [-0.2, -0.15) is 0 Å². The second-order valence-corrected chi connectivity index (χ2v) is 5.13. The third-order valence-corrected chi connectivity index (χ3v) is 4.29. The van der Waals surface area contributed by atoms with Gasteiger partial charge in [-0.3, -0.25) is 4.79 Å². The topological polar surface area (TPSA) is 55.1 Å². The first-order chi connectivity index (χ1) is 8.63. The highest BCUT2D eigenvalue weighted by atomic mass is 35.5. The van der Waals surface area contributed by atoms with E-state index < -0.39 is 0 Å². The molecule has 0 radical (unpaired) electrons. The largest absolute Gasteiger partial charge is 0.326 e. The highest BCUT2D eigenvalue weighted by Gasteiger charge is 2.15. The summed E-state index contributed by atoms with van der Waals surface area (Å²) in [6.45, 7) is 2.26. The molecule has 0 atom stereocenters. The van der Waals surface area contributed by atoms with E-state index in [1.807, 2.05) is 36.6 Å². The van der Waals surface area contributed by atoms with Gasteiger partial charge in [-0.25, -0.2) is 0 Å². The Kier molecular flexibility index (Phi) is 4.01. The zero-order valence-corrected chi connectivity index (χ0v) is 11.4. The molecule has 3 N–H and O–H groups in total. The molecule has 1 aromatic carbocycles. The van der Waals surface area contributed by atoms with Crippen LogP contribution in [0, 0.1) is 6.92 Å². The number of benzene rings is 1. The van der Waals surface area contributed by atoms with Crippen LogP contribution in [-0.4, -0.2) is 5.91 Å². The lowest BCUT2D eigenvalue weighted by molar-refractivity contribution is 0.103. The van der Waals surface area contributed by atoms with E-state index in [1.54, 1.807) is 0 Å². The third kappa shape index (κ3) is 2.56. The maximum atomic E-state index is 12.1. The summed E-state index contributed by atoms with van der Waals surface area (Å²) in [6.07, 6.45) is 0. The molecule has 0 spiro atoms. The number of amides is 1. The van der Waals surface area contributed by atoms with Crippen molar-refractivity contribution in [3.8, 4) is 0 Å². The molecule has 0 aliphatic carbocycles. The minimum atomic E-state index is -0.195. The summed E-state index contributed by atoms with van der Waals surface area (Å²) in [5.74, 6) is -0.195. The van der Waals surface area contributed by atoms with Crippen molar-refractivity contribution < 1.29 is 4.79 Å². The molecule has 1 amide bonds. The minimum Gasteiger partial charge on any atom is -0.326 e. The molecule has 94 valence electrons. The standard InChI is InChI=1S/C13H13ClN2OS/c1-8-7-18-12(11(8)14)13(17)16-10-5-3-2-4-9(10)6-15/h2-5,7H,6,15H2,1H3,(H,16,17). The Hall–Kier alpha value is -1.36. The number of hydrogen-bond donors (Lipinski definition) is 2. The number of halogens is 1. The zero-order valence-electron chi connectivity index (χ0n) is 9.87. The Morgan fingerprint density at radius 2 is 2.17 bits per heavy atom. The van der Waals surface area contributed by atoms with Gasteiger partial charge in [0.1, 0.15) is 4.88 Å². The van der Waals surface area contributed by atoms with Crippen molar-refractivity contribution in [1.29, 1.82) is 0 Å². The summed E-state index contributed by atoms with van der Waals surface area (Å²) in [5, 5.41) is 5.22. The van der Waals surface area contributed by atoms with E-state index in [1.165, 1.54) is 11.3 Å². The van der Waals surface area contributed by atoms with Crippen LogP contribution in [0.2, 0.25) is 5.02 Å². The van der Waals surface area contributed by atoms with E-state index in [0.717, 1.165) is 16.8 Å². The van der Waals surface area contributed by atoms with Crippen LogP contribution < -0.4 is 11.1 Å². The predicted molar refractivity (Wildman–Crippen MR) is 76.4 cm³/mol. The molecule has 5 heteroatoms. The highest BCUT2D eigenvalue weighted by molar-refractivity contribution is 7.13. The van der Waals surface area contributed by atoms with E-state index in [9.17, 15) is 4.79 Å². The number of anilines is 1. The number of para-hydroxylation sites is 1. The molecule has 0 fully saturated rings. The molecular formula is C13H13ClN2OS. The van der Waals surface area contributed by atoms with Crippen LogP contribution in [-0.2, 0) is 6.54 Å². The van der Waals surface area contributed by atoms with Crippen molar-refractivity contribution >= 4 is 34.5 Å². The van der Waals surface area contributed by atoms with Gasteiger partial charge in [0.15, 0.2) is 0 Å². The molecule has 18 heavy (non-hydrogen) atoms. The van der Waals surface area contributed by atoms with Crippen LogP contribution >= 0.6 is 22.9 Å². The third-order valence-electron chi connectivity index (χ3n) is 2.59. The van der Waals surface area contributed by atoms with Gasteiger partial charge < -0.3 is 11.1 Å². The van der Waals surface area contributed by atoms with Gasteiger partial charge in [-0.05, 0) is 29.5 Å². The molecule has 1 aromatic heterocycles. The van der Waals surface area contributed by atoms with Crippen molar-refractivity contribution in [1.82, 2.24) is 0 Å². The van der Waals surface area contributed by atoms with E-state index in [-0.39, 0.29) is 5.91 Å². The summed E-state index contributed by atoms with van der Waals surface area (Å²) in [4.78, 5) is 12.6. The quantitative estimate of drug-likeness (QED) is 0.905. The molecular weight excluding hydrogens is 268 g/mol. The Labute approximate surface area is 115 Å². The van der Waals surface area contributed by atoms with Gasteiger partial charge in [0.25, 0.3) is 5.91 Å². The Bertz CT molecular complexity index is 580. The summed E-state index contributed by atoms with van der Waals surface area (Å²) < 4.78 is 0. The first-order valence-corrected chi connectivity index (χ1v) is 6.72. The van der Waals surface area contributed by atoms with Crippen LogP contribution in [0.4, 0.5) is 5.69 Å². The lowest BCUT2D eigenvalue weighted by Crippen LogP contribution is -2.13. The molecule has 0 bridgehead atoms. The lowest BCUT2D eigenvalue weighted by atomic mass is 10.2. The second kappa shape index (κ2) is 5.52. The monoisotopic (exact) mass is 280 g/mol. The number of carbonyl (C=O) groups excluding carboxylic acids is 1. The maximum absolute atomic E-state index is 12.1. The fourth-order valence-electron chi connectivity index (χ4n) is 1.58. The van der Waals surface area contributed by atoms with Gasteiger partial charge >= 0.3 is 0 Å². The van der Waals surface area contributed by atoms with E-state index >= 15 is 0 Å². The molecule has 2 aromatic rings. The van der Waals surface area contributed by atoms with Gasteiger partial charge in [0, 0.05) is 12.2 Å². The van der Waals surface area contributed by atoms with Crippen molar-refractivity contribution in [2.75, 3.05) is 5.32 Å². The van der Waals surface area contributed by atoms with Gasteiger partial charge in [-0.15, -0.1) is 11.3 Å². The fourth-order valence-corrected chi connectivity index (χ4v) is 2.76. The van der Waals surface area contributed by atoms with Crippen molar-refractivity contribution in [3.05, 3.63) is 50.7 Å². The highest BCUT2D eigenvalue weighted by Crippen LogP contribution is 2.28. The number of nitrogens with one attached hydrogen (secondary N) is 1. The maximum Gasteiger partial charge on any atom is 0.267 e. The SMILES string of the molecule is Cc1csc(C(=O)Nc2ccccc2CN)c1Cl. The summed E-state index contributed by atoms with van der Waals surface area (Å²) in [6, 6.07) is 7.46. The number of thiophene rings is 1. The number of aryl methyl sites for hydroxylation is 1. The summed E-state index contributed by atoms with van der Waals surface area (Å²) in [7, 11) is 0. The number of rotatable bonds is 3. The van der Waals surface area contributed by atoms with E-state index in [4.69, 9.17) is 17.3 Å². The number of hydrogen-bond acceptors (Lipinski definition) is 3. The average molecular weight is 281 g/mol. The van der Waals surface area contributed by atoms with E-state index in [2.05, 4.69) is 5.32 Å². The second-order valence-electron chi connectivity index (χ2n) is 3.88. The van der Waals surface area contributed by atoms with Gasteiger partial charge in [0.05, 0.1) is 5.02 Å². The van der Waals surface area contributed by atoms with Crippen LogP contribution in [0.1, 0.15) is 20.8 Å². The molecule has 0 unspecified atom stereocenters. The molecule has 1 heterocycles. The Morgan fingerprint density at radius 1 is 1.44 bits per heavy atom. The van der Waals surface area contributed by atoms with Crippen LogP contribution in [0.25, 0.3) is 0 Å². The summed E-state index contributed by atoms with van der Waals surface area (Å²) >= 11 is 7.41. The minimum absolute atomic E-state index is 0.195. The van der Waals surface area contributed by atoms with Crippen molar-refractivity contribution in [3.63, 3.8) is 0 Å². The average Bonchev–Trinajstić information content (AvgIpc) is 2.71. The van der Waals surface area contributed by atoms with Gasteiger partial charge in [0.2, 0.25) is 0 Å². The Balaban J connectivity index is 2.24. The number of carbonyl (C=O) groups is 1.